The molecule has 0 bridgehead atoms. The molecule has 1 fully saturated rings. The summed E-state index contributed by atoms with van der Waals surface area (Å²) in [6, 6.07) is 3.62. The molecule has 2 rings (SSSR count). The normalized spacial score (nSPS) is 16.4. The molecule has 1 aromatic rings. The Morgan fingerprint density at radius 1 is 1.42 bits per heavy atom. The van der Waals surface area contributed by atoms with Gasteiger partial charge in [-0.15, -0.1) is 12.4 Å². The summed E-state index contributed by atoms with van der Waals surface area (Å²) in [6.45, 7) is 6.97. The number of nitrogens with one attached hydrogen (secondary N) is 1. The van der Waals surface area contributed by atoms with Crippen LogP contribution in [0.1, 0.15) is 37.0 Å². The second kappa shape index (κ2) is 9.97. The minimum Gasteiger partial charge on any atom is -0.493 e. The van der Waals surface area contributed by atoms with Crippen LogP contribution in [0.2, 0.25) is 5.02 Å². The predicted octanol–water partition coefficient (Wildman–Crippen LogP) is 3.38. The Morgan fingerprint density at radius 2 is 2.17 bits per heavy atom. The molecule has 0 aromatic heterocycles. The Bertz CT molecular complexity index is 549. The molecule has 1 aliphatic heterocycles. The molecule has 24 heavy (non-hydrogen) atoms. The van der Waals surface area contributed by atoms with Crippen molar-refractivity contribution >= 4 is 29.9 Å². The Balaban J connectivity index is 0.00000288. The Kier molecular flexibility index (Phi) is 8.67. The van der Waals surface area contributed by atoms with E-state index in [1.165, 1.54) is 0 Å². The van der Waals surface area contributed by atoms with Gasteiger partial charge in [0.1, 0.15) is 0 Å². The molecule has 1 unspecified atom stereocenters. The van der Waals surface area contributed by atoms with E-state index in [4.69, 9.17) is 21.1 Å². The van der Waals surface area contributed by atoms with E-state index in [0.717, 1.165) is 32.5 Å². The van der Waals surface area contributed by atoms with Gasteiger partial charge in [-0.25, -0.2) is 0 Å². The third-order valence-electron chi connectivity index (χ3n) is 3.97. The summed E-state index contributed by atoms with van der Waals surface area (Å²) >= 11 is 6.29. The maximum Gasteiger partial charge on any atom is 0.254 e. The molecule has 7 heteroatoms. The lowest BCUT2D eigenvalue weighted by Gasteiger charge is -2.28. The number of benzene rings is 1. The number of hydrogen-bond acceptors (Lipinski definition) is 4. The van der Waals surface area contributed by atoms with Gasteiger partial charge in [0.25, 0.3) is 5.91 Å². The van der Waals surface area contributed by atoms with Gasteiger partial charge in [-0.05, 0) is 38.4 Å². The lowest BCUT2D eigenvalue weighted by atomic mass is 10.1. The fraction of sp³-hybridized carbons (Fsp3) is 0.588. The molecular formula is C17H26Cl2N2O3. The first-order valence-corrected chi connectivity index (χ1v) is 8.52. The standard InChI is InChI=1S/C17H25ClN2O3.ClH/c1-4-8-20(13-6-7-19-11-13)17(21)12-9-14(18)16(23-5-2)15(10-12)22-3;/h9-10,13,19H,4-8,11H2,1-3H3;1H. The average molecular weight is 377 g/mol. The van der Waals surface area contributed by atoms with E-state index in [0.29, 0.717) is 28.7 Å². The molecule has 0 aliphatic carbocycles. The number of amides is 1. The van der Waals surface area contributed by atoms with Crippen molar-refractivity contribution in [1.82, 2.24) is 10.2 Å². The van der Waals surface area contributed by atoms with E-state index in [-0.39, 0.29) is 24.4 Å². The molecule has 1 amide bonds. The molecule has 0 spiro atoms. The highest BCUT2D eigenvalue weighted by Crippen LogP contribution is 2.37. The number of methoxy groups -OCH3 is 1. The molecular weight excluding hydrogens is 351 g/mol. The van der Waals surface area contributed by atoms with Crippen molar-refractivity contribution in [3.05, 3.63) is 22.7 Å². The van der Waals surface area contributed by atoms with Gasteiger partial charge in [0.05, 0.1) is 18.7 Å². The molecule has 0 radical (unpaired) electrons. The number of carbonyl (C=O) groups is 1. The van der Waals surface area contributed by atoms with E-state index < -0.39 is 0 Å². The van der Waals surface area contributed by atoms with Crippen molar-refractivity contribution in [1.29, 1.82) is 0 Å². The van der Waals surface area contributed by atoms with Gasteiger partial charge in [0.15, 0.2) is 11.5 Å². The minimum absolute atomic E-state index is 0. The minimum atomic E-state index is -0.0104. The van der Waals surface area contributed by atoms with Crippen LogP contribution in [-0.4, -0.2) is 50.2 Å². The van der Waals surface area contributed by atoms with Crippen molar-refractivity contribution in [2.45, 2.75) is 32.7 Å². The molecule has 1 aromatic carbocycles. The van der Waals surface area contributed by atoms with Gasteiger partial charge in [0, 0.05) is 24.7 Å². The average Bonchev–Trinajstić information content (AvgIpc) is 3.07. The van der Waals surface area contributed by atoms with E-state index in [2.05, 4.69) is 12.2 Å². The van der Waals surface area contributed by atoms with Crippen molar-refractivity contribution < 1.29 is 14.3 Å². The fourth-order valence-electron chi connectivity index (χ4n) is 2.89. The highest BCUT2D eigenvalue weighted by atomic mass is 35.5. The highest BCUT2D eigenvalue weighted by Gasteiger charge is 2.27. The van der Waals surface area contributed by atoms with Crippen LogP contribution in [0, 0.1) is 0 Å². The largest absolute Gasteiger partial charge is 0.493 e. The van der Waals surface area contributed by atoms with Crippen LogP contribution in [0.4, 0.5) is 0 Å². The second-order valence-corrected chi connectivity index (χ2v) is 5.97. The molecule has 1 saturated heterocycles. The first-order chi connectivity index (χ1) is 11.1. The molecule has 136 valence electrons. The molecule has 1 atom stereocenters. The van der Waals surface area contributed by atoms with Crippen molar-refractivity contribution in [2.75, 3.05) is 33.4 Å². The van der Waals surface area contributed by atoms with Crippen molar-refractivity contribution in [2.24, 2.45) is 0 Å². The van der Waals surface area contributed by atoms with E-state index >= 15 is 0 Å². The van der Waals surface area contributed by atoms with Crippen molar-refractivity contribution in [3.8, 4) is 11.5 Å². The number of hydrogen-bond donors (Lipinski definition) is 1. The van der Waals surface area contributed by atoms with Gasteiger partial charge in [-0.1, -0.05) is 18.5 Å². The van der Waals surface area contributed by atoms with Gasteiger partial charge in [0.2, 0.25) is 0 Å². The molecule has 1 N–H and O–H groups in total. The highest BCUT2D eigenvalue weighted by molar-refractivity contribution is 6.32. The molecule has 0 saturated carbocycles. The van der Waals surface area contributed by atoms with Crippen LogP contribution < -0.4 is 14.8 Å². The monoisotopic (exact) mass is 376 g/mol. The number of carbonyl (C=O) groups excluding carboxylic acids is 1. The lowest BCUT2D eigenvalue weighted by Crippen LogP contribution is -2.42. The molecule has 1 heterocycles. The fourth-order valence-corrected chi connectivity index (χ4v) is 3.16. The van der Waals surface area contributed by atoms with Crippen molar-refractivity contribution in [3.63, 3.8) is 0 Å². The SMILES string of the molecule is CCCN(C(=O)c1cc(Cl)c(OCC)c(OC)c1)C1CCNC1.Cl. The molecule has 1 aliphatic rings. The van der Waals surface area contributed by atoms with Crippen LogP contribution in [0.25, 0.3) is 0 Å². The first-order valence-electron chi connectivity index (χ1n) is 8.14. The van der Waals surface area contributed by atoms with Gasteiger partial charge >= 0.3 is 0 Å². The lowest BCUT2D eigenvalue weighted by molar-refractivity contribution is 0.0692. The number of halogens is 2. The number of nitrogens with zero attached hydrogens (tertiary/aromatic N) is 1. The van der Waals surface area contributed by atoms with Crippen LogP contribution in [0.3, 0.4) is 0 Å². The maximum absolute atomic E-state index is 13.0. The second-order valence-electron chi connectivity index (χ2n) is 5.57. The summed E-state index contributed by atoms with van der Waals surface area (Å²) in [5.41, 5.74) is 0.538. The Hall–Kier alpha value is -1.17. The third-order valence-corrected chi connectivity index (χ3v) is 4.25. The number of rotatable bonds is 7. The predicted molar refractivity (Wildman–Crippen MR) is 99.0 cm³/mol. The molecule has 5 nitrogen and oxygen atoms in total. The van der Waals surface area contributed by atoms with E-state index in [9.17, 15) is 4.79 Å². The van der Waals surface area contributed by atoms with Gasteiger partial charge in [-0.2, -0.15) is 0 Å². The Morgan fingerprint density at radius 3 is 2.71 bits per heavy atom. The van der Waals surface area contributed by atoms with Crippen LogP contribution in [-0.2, 0) is 0 Å². The summed E-state index contributed by atoms with van der Waals surface area (Å²) in [4.78, 5) is 14.9. The van der Waals surface area contributed by atoms with Crippen LogP contribution >= 0.6 is 24.0 Å². The summed E-state index contributed by atoms with van der Waals surface area (Å²) in [5.74, 6) is 0.963. The zero-order chi connectivity index (χ0) is 16.8. The topological polar surface area (TPSA) is 50.8 Å². The summed E-state index contributed by atoms with van der Waals surface area (Å²) in [5, 5.41) is 3.71. The van der Waals surface area contributed by atoms with E-state index in [1.54, 1.807) is 19.2 Å². The zero-order valence-electron chi connectivity index (χ0n) is 14.4. The third kappa shape index (κ3) is 4.68. The summed E-state index contributed by atoms with van der Waals surface area (Å²) in [7, 11) is 1.55. The van der Waals surface area contributed by atoms with Crippen LogP contribution in [0.15, 0.2) is 12.1 Å². The Labute approximate surface area is 155 Å². The van der Waals surface area contributed by atoms with Gasteiger partial charge in [-0.3, -0.25) is 4.79 Å². The smallest absolute Gasteiger partial charge is 0.254 e. The summed E-state index contributed by atoms with van der Waals surface area (Å²) in [6.07, 6.45) is 1.90. The van der Waals surface area contributed by atoms with Gasteiger partial charge < -0.3 is 19.7 Å². The number of ether oxygens (including phenoxy) is 2. The first kappa shape index (κ1) is 20.9. The summed E-state index contributed by atoms with van der Waals surface area (Å²) < 4.78 is 10.9. The maximum atomic E-state index is 13.0. The van der Waals surface area contributed by atoms with E-state index in [1.807, 2.05) is 11.8 Å². The zero-order valence-corrected chi connectivity index (χ0v) is 16.0. The quantitative estimate of drug-likeness (QED) is 0.792. The van der Waals surface area contributed by atoms with Crippen LogP contribution in [0.5, 0.6) is 11.5 Å².